The van der Waals surface area contributed by atoms with Crippen molar-refractivity contribution in [3.8, 4) is 5.69 Å². The van der Waals surface area contributed by atoms with E-state index in [1.165, 1.54) is 29.2 Å². The zero-order valence-electron chi connectivity index (χ0n) is 17.7. The van der Waals surface area contributed by atoms with Crippen LogP contribution >= 0.6 is 0 Å². The number of nitrogens with one attached hydrogen (secondary N) is 1. The zero-order chi connectivity index (χ0) is 23.0. The maximum atomic E-state index is 13.3. The molecule has 0 fully saturated rings. The van der Waals surface area contributed by atoms with Crippen LogP contribution in [0.3, 0.4) is 0 Å². The predicted molar refractivity (Wildman–Crippen MR) is 116 cm³/mol. The third-order valence-corrected chi connectivity index (χ3v) is 6.32. The molecule has 0 aliphatic carbocycles. The van der Waals surface area contributed by atoms with Crippen molar-refractivity contribution in [1.29, 1.82) is 0 Å². The number of aromatic nitrogens is 5. The van der Waals surface area contributed by atoms with Crippen LogP contribution in [0, 0.1) is 5.82 Å². The number of nitrogens with zero attached hydrogens (tertiary/aromatic N) is 5. The first kappa shape index (κ1) is 21.6. The summed E-state index contributed by atoms with van der Waals surface area (Å²) in [6.45, 7) is 1.84. The SMILES string of the molecule is CC[C@H](NC(=O)c1cncc2c1cnn2-c1ccc(F)cc1)c1c(S(C)(=O)=O)cnn1C. The summed E-state index contributed by atoms with van der Waals surface area (Å²) in [6, 6.07) is 5.23. The summed E-state index contributed by atoms with van der Waals surface area (Å²) in [5, 5.41) is 11.8. The third kappa shape index (κ3) is 3.86. The fraction of sp³-hybridized carbons (Fsp3) is 0.238. The van der Waals surface area contributed by atoms with Crippen LogP contribution in [0.15, 0.2) is 53.9 Å². The standard InChI is InChI=1S/C21H21FN6O3S/c1-4-17(20-19(32(3,30)31)12-24-27(20)2)26-21(29)16-9-23-11-18-15(16)10-25-28(18)14-7-5-13(22)6-8-14/h5-12,17H,4H2,1-3H3,(H,26,29)/t17-/m0/s1. The van der Waals surface area contributed by atoms with Crippen molar-refractivity contribution in [3.05, 3.63) is 66.1 Å². The second-order valence-electron chi connectivity index (χ2n) is 7.38. The molecule has 0 saturated heterocycles. The number of hydrogen-bond acceptors (Lipinski definition) is 6. The normalized spacial score (nSPS) is 12.8. The summed E-state index contributed by atoms with van der Waals surface area (Å²) >= 11 is 0. The molecule has 0 aliphatic heterocycles. The van der Waals surface area contributed by atoms with E-state index < -0.39 is 21.8 Å². The lowest BCUT2D eigenvalue weighted by atomic mass is 10.1. The van der Waals surface area contributed by atoms with Crippen LogP contribution in [0.4, 0.5) is 4.39 Å². The van der Waals surface area contributed by atoms with Crippen molar-refractivity contribution in [1.82, 2.24) is 29.9 Å². The second-order valence-corrected chi connectivity index (χ2v) is 9.36. The van der Waals surface area contributed by atoms with E-state index >= 15 is 0 Å². The molecule has 0 radical (unpaired) electrons. The number of carbonyl (C=O) groups is 1. The van der Waals surface area contributed by atoms with Gasteiger partial charge in [0.25, 0.3) is 5.91 Å². The van der Waals surface area contributed by atoms with Gasteiger partial charge in [-0.15, -0.1) is 0 Å². The molecule has 3 aromatic heterocycles. The summed E-state index contributed by atoms with van der Waals surface area (Å²) in [5.41, 5.74) is 1.90. The van der Waals surface area contributed by atoms with E-state index in [-0.39, 0.29) is 16.3 Å². The minimum atomic E-state index is -3.52. The molecule has 4 aromatic rings. The van der Waals surface area contributed by atoms with Gasteiger partial charge in [0.15, 0.2) is 9.84 Å². The fourth-order valence-corrected chi connectivity index (χ4v) is 4.51. The van der Waals surface area contributed by atoms with Gasteiger partial charge in [-0.05, 0) is 30.7 Å². The lowest BCUT2D eigenvalue weighted by Crippen LogP contribution is -2.30. The maximum absolute atomic E-state index is 13.3. The van der Waals surface area contributed by atoms with E-state index in [4.69, 9.17) is 0 Å². The molecule has 3 heterocycles. The van der Waals surface area contributed by atoms with E-state index in [2.05, 4.69) is 20.5 Å². The van der Waals surface area contributed by atoms with Crippen LogP contribution in [0.2, 0.25) is 0 Å². The highest BCUT2D eigenvalue weighted by molar-refractivity contribution is 7.90. The minimum Gasteiger partial charge on any atom is -0.344 e. The highest BCUT2D eigenvalue weighted by atomic mass is 32.2. The lowest BCUT2D eigenvalue weighted by Gasteiger charge is -2.19. The van der Waals surface area contributed by atoms with Gasteiger partial charge in [0.05, 0.1) is 47.1 Å². The van der Waals surface area contributed by atoms with E-state index in [0.29, 0.717) is 28.7 Å². The van der Waals surface area contributed by atoms with Gasteiger partial charge in [0.1, 0.15) is 10.7 Å². The number of carbonyl (C=O) groups excluding carboxylic acids is 1. The Morgan fingerprint density at radius 1 is 1.12 bits per heavy atom. The van der Waals surface area contributed by atoms with Gasteiger partial charge >= 0.3 is 0 Å². The number of halogens is 1. The summed E-state index contributed by atoms with van der Waals surface area (Å²) in [6.07, 6.45) is 7.39. The van der Waals surface area contributed by atoms with Crippen LogP contribution in [0.25, 0.3) is 16.6 Å². The number of benzene rings is 1. The van der Waals surface area contributed by atoms with Gasteiger partial charge in [-0.25, -0.2) is 17.5 Å². The van der Waals surface area contributed by atoms with Gasteiger partial charge in [-0.3, -0.25) is 14.5 Å². The molecule has 1 aromatic carbocycles. The Balaban J connectivity index is 1.70. The first-order chi connectivity index (χ1) is 15.2. The molecule has 9 nitrogen and oxygen atoms in total. The molecule has 32 heavy (non-hydrogen) atoms. The smallest absolute Gasteiger partial charge is 0.254 e. The van der Waals surface area contributed by atoms with E-state index in [0.717, 1.165) is 6.26 Å². The van der Waals surface area contributed by atoms with E-state index in [1.807, 2.05) is 6.92 Å². The van der Waals surface area contributed by atoms with E-state index in [9.17, 15) is 17.6 Å². The summed E-state index contributed by atoms with van der Waals surface area (Å²) in [5.74, 6) is -0.785. The quantitative estimate of drug-likeness (QED) is 0.477. The van der Waals surface area contributed by atoms with Crippen molar-refractivity contribution >= 4 is 26.6 Å². The van der Waals surface area contributed by atoms with Crippen molar-refractivity contribution < 1.29 is 17.6 Å². The molecule has 0 aliphatic rings. The average Bonchev–Trinajstić information content (AvgIpc) is 3.36. The Morgan fingerprint density at radius 2 is 1.84 bits per heavy atom. The molecule has 4 rings (SSSR count). The molecule has 166 valence electrons. The van der Waals surface area contributed by atoms with Crippen LogP contribution in [-0.4, -0.2) is 45.1 Å². The first-order valence-corrected chi connectivity index (χ1v) is 11.7. The molecule has 1 atom stereocenters. The zero-order valence-corrected chi connectivity index (χ0v) is 18.5. The predicted octanol–water partition coefficient (Wildman–Crippen LogP) is 2.58. The van der Waals surface area contributed by atoms with Crippen LogP contribution in [0.5, 0.6) is 0 Å². The molecule has 0 saturated carbocycles. The molecular weight excluding hydrogens is 435 g/mol. The van der Waals surface area contributed by atoms with Gasteiger partial charge < -0.3 is 5.32 Å². The molecule has 11 heteroatoms. The Hall–Kier alpha value is -3.60. The largest absolute Gasteiger partial charge is 0.344 e. The van der Waals surface area contributed by atoms with Crippen LogP contribution in [0.1, 0.15) is 35.4 Å². The number of amides is 1. The number of aryl methyl sites for hydroxylation is 1. The van der Waals surface area contributed by atoms with Crippen molar-refractivity contribution in [2.75, 3.05) is 6.26 Å². The number of fused-ring (bicyclic) bond motifs is 1. The minimum absolute atomic E-state index is 0.0765. The van der Waals surface area contributed by atoms with Gasteiger partial charge in [0.2, 0.25) is 0 Å². The van der Waals surface area contributed by atoms with Crippen molar-refractivity contribution in [2.24, 2.45) is 7.05 Å². The molecule has 0 unspecified atom stereocenters. The highest BCUT2D eigenvalue weighted by Gasteiger charge is 2.26. The number of hydrogen-bond donors (Lipinski definition) is 1. The second kappa shape index (κ2) is 8.15. The Bertz CT molecular complexity index is 1410. The first-order valence-electron chi connectivity index (χ1n) is 9.81. The van der Waals surface area contributed by atoms with Gasteiger partial charge in [-0.1, -0.05) is 6.92 Å². The molecule has 0 bridgehead atoms. The Labute approximate surface area is 183 Å². The Kier molecular flexibility index (Phi) is 5.51. The number of rotatable bonds is 6. The van der Waals surface area contributed by atoms with E-state index in [1.54, 1.807) is 36.3 Å². The van der Waals surface area contributed by atoms with Crippen molar-refractivity contribution in [3.63, 3.8) is 0 Å². The fourth-order valence-electron chi connectivity index (χ4n) is 3.62. The third-order valence-electron chi connectivity index (χ3n) is 5.21. The highest BCUT2D eigenvalue weighted by Crippen LogP contribution is 2.26. The topological polar surface area (TPSA) is 112 Å². The number of sulfone groups is 1. The molecule has 1 N–H and O–H groups in total. The van der Waals surface area contributed by atoms with Crippen LogP contribution in [-0.2, 0) is 16.9 Å². The summed E-state index contributed by atoms with van der Waals surface area (Å²) in [4.78, 5) is 17.4. The summed E-state index contributed by atoms with van der Waals surface area (Å²) in [7, 11) is -1.89. The Morgan fingerprint density at radius 3 is 2.50 bits per heavy atom. The molecule has 0 spiro atoms. The van der Waals surface area contributed by atoms with Crippen LogP contribution < -0.4 is 5.32 Å². The molecule has 1 amide bonds. The van der Waals surface area contributed by atoms with Crippen molar-refractivity contribution in [2.45, 2.75) is 24.3 Å². The maximum Gasteiger partial charge on any atom is 0.254 e. The monoisotopic (exact) mass is 456 g/mol. The average molecular weight is 457 g/mol. The van der Waals surface area contributed by atoms with Gasteiger partial charge in [-0.2, -0.15) is 10.2 Å². The summed E-state index contributed by atoms with van der Waals surface area (Å²) < 4.78 is 40.6. The lowest BCUT2D eigenvalue weighted by molar-refractivity contribution is 0.0934. The van der Waals surface area contributed by atoms with Gasteiger partial charge in [0, 0.05) is 24.9 Å². The molecular formula is C21H21FN6O3S. The number of pyridine rings is 1.